The zero-order valence-electron chi connectivity index (χ0n) is 11.3. The summed E-state index contributed by atoms with van der Waals surface area (Å²) in [7, 11) is 1.58. The van der Waals surface area contributed by atoms with Crippen LogP contribution in [-0.4, -0.2) is 29.8 Å². The number of rotatable bonds is 6. The molecule has 106 valence electrons. The number of hydrogen-bond acceptors (Lipinski definition) is 6. The number of ether oxygens (including phenoxy) is 2. The van der Waals surface area contributed by atoms with Crippen LogP contribution in [0.4, 0.5) is 5.13 Å². The smallest absolute Gasteiger partial charge is 0.257 e. The average molecular weight is 293 g/mol. The number of aromatic nitrogens is 2. The van der Waals surface area contributed by atoms with Crippen LogP contribution >= 0.6 is 11.3 Å². The van der Waals surface area contributed by atoms with Crippen molar-refractivity contribution in [3.63, 3.8) is 0 Å². The molecule has 0 unspecified atom stereocenters. The number of nitrogens with zero attached hydrogens (tertiary/aromatic N) is 2. The van der Waals surface area contributed by atoms with E-state index < -0.39 is 0 Å². The Morgan fingerprint density at radius 3 is 2.70 bits per heavy atom. The number of anilines is 1. The number of benzene rings is 1. The minimum atomic E-state index is -0.230. The summed E-state index contributed by atoms with van der Waals surface area (Å²) in [5.41, 5.74) is 0.535. The minimum absolute atomic E-state index is 0.230. The van der Waals surface area contributed by atoms with Crippen molar-refractivity contribution in [2.75, 3.05) is 19.0 Å². The summed E-state index contributed by atoms with van der Waals surface area (Å²) in [6, 6.07) is 6.84. The van der Waals surface area contributed by atoms with E-state index in [9.17, 15) is 4.79 Å². The molecule has 0 saturated heterocycles. The Kier molecular flexibility index (Phi) is 5.03. The largest absolute Gasteiger partial charge is 0.497 e. The Labute approximate surface area is 120 Å². The van der Waals surface area contributed by atoms with E-state index in [1.165, 1.54) is 11.3 Å². The first-order chi connectivity index (χ1) is 9.72. The second kappa shape index (κ2) is 6.97. The van der Waals surface area contributed by atoms with Gasteiger partial charge in [0.2, 0.25) is 5.13 Å². The van der Waals surface area contributed by atoms with Crippen LogP contribution in [0.2, 0.25) is 0 Å². The third-order valence-electron chi connectivity index (χ3n) is 2.47. The molecule has 0 aliphatic heterocycles. The molecule has 0 saturated carbocycles. The molecule has 1 N–H and O–H groups in total. The topological polar surface area (TPSA) is 73.3 Å². The molecule has 0 atom stereocenters. The zero-order chi connectivity index (χ0) is 14.4. The van der Waals surface area contributed by atoms with E-state index in [1.54, 1.807) is 31.4 Å². The first-order valence-electron chi connectivity index (χ1n) is 6.08. The number of hydrogen-bond donors (Lipinski definition) is 1. The van der Waals surface area contributed by atoms with Crippen LogP contribution in [0.1, 0.15) is 22.3 Å². The summed E-state index contributed by atoms with van der Waals surface area (Å²) in [5.74, 6) is 0.475. The fraction of sp³-hybridized carbons (Fsp3) is 0.308. The fourth-order valence-corrected chi connectivity index (χ4v) is 2.14. The van der Waals surface area contributed by atoms with Gasteiger partial charge < -0.3 is 9.47 Å². The molecule has 2 rings (SSSR count). The summed E-state index contributed by atoms with van der Waals surface area (Å²) < 4.78 is 10.3. The maximum atomic E-state index is 12.0. The maximum Gasteiger partial charge on any atom is 0.257 e. The van der Waals surface area contributed by atoms with E-state index in [4.69, 9.17) is 9.47 Å². The van der Waals surface area contributed by atoms with Gasteiger partial charge in [0.1, 0.15) is 17.4 Å². The first-order valence-corrected chi connectivity index (χ1v) is 6.90. The van der Waals surface area contributed by atoms with Gasteiger partial charge in [-0.15, -0.1) is 10.2 Å². The standard InChI is InChI=1S/C13H15N3O3S/c1-3-19-8-11-15-16-13(20-11)14-12(17)9-4-6-10(18-2)7-5-9/h4-7H,3,8H2,1-2H3,(H,14,16,17). The van der Waals surface area contributed by atoms with Gasteiger partial charge in [0.15, 0.2) is 0 Å². The molecular weight excluding hydrogens is 278 g/mol. The van der Waals surface area contributed by atoms with E-state index in [2.05, 4.69) is 15.5 Å². The second-order valence-electron chi connectivity index (χ2n) is 3.82. The maximum absolute atomic E-state index is 12.0. The second-order valence-corrected chi connectivity index (χ2v) is 4.88. The Balaban J connectivity index is 1.97. The summed E-state index contributed by atoms with van der Waals surface area (Å²) >= 11 is 1.30. The van der Waals surface area contributed by atoms with E-state index in [0.29, 0.717) is 29.7 Å². The predicted molar refractivity (Wildman–Crippen MR) is 76.2 cm³/mol. The Morgan fingerprint density at radius 2 is 2.05 bits per heavy atom. The van der Waals surface area contributed by atoms with Gasteiger partial charge in [-0.05, 0) is 31.2 Å². The van der Waals surface area contributed by atoms with Crippen LogP contribution in [0.25, 0.3) is 0 Å². The van der Waals surface area contributed by atoms with Crippen LogP contribution < -0.4 is 10.1 Å². The zero-order valence-corrected chi connectivity index (χ0v) is 12.1. The third kappa shape index (κ3) is 3.75. The Morgan fingerprint density at radius 1 is 1.30 bits per heavy atom. The average Bonchev–Trinajstić information content (AvgIpc) is 2.92. The van der Waals surface area contributed by atoms with Gasteiger partial charge in [-0.2, -0.15) is 0 Å². The van der Waals surface area contributed by atoms with E-state index >= 15 is 0 Å². The van der Waals surface area contributed by atoms with Crippen molar-refractivity contribution in [1.29, 1.82) is 0 Å². The van der Waals surface area contributed by atoms with Crippen molar-refractivity contribution in [3.05, 3.63) is 34.8 Å². The monoisotopic (exact) mass is 293 g/mol. The Hall–Kier alpha value is -1.99. The lowest BCUT2D eigenvalue weighted by atomic mass is 10.2. The summed E-state index contributed by atoms with van der Waals surface area (Å²) in [4.78, 5) is 12.0. The molecule has 1 amide bonds. The summed E-state index contributed by atoms with van der Waals surface area (Å²) in [6.45, 7) is 2.94. The molecule has 0 aliphatic rings. The summed E-state index contributed by atoms with van der Waals surface area (Å²) in [6.07, 6.45) is 0. The van der Waals surface area contributed by atoms with Gasteiger partial charge in [0.25, 0.3) is 5.91 Å². The third-order valence-corrected chi connectivity index (χ3v) is 3.28. The first kappa shape index (κ1) is 14.4. The lowest BCUT2D eigenvalue weighted by molar-refractivity contribution is 0.102. The number of carbonyl (C=O) groups excluding carboxylic acids is 1. The highest BCUT2D eigenvalue weighted by molar-refractivity contribution is 7.15. The van der Waals surface area contributed by atoms with Crippen molar-refractivity contribution < 1.29 is 14.3 Å². The molecule has 0 spiro atoms. The highest BCUT2D eigenvalue weighted by atomic mass is 32.1. The van der Waals surface area contributed by atoms with Gasteiger partial charge in [0.05, 0.1) is 7.11 Å². The van der Waals surface area contributed by atoms with Crippen molar-refractivity contribution in [1.82, 2.24) is 10.2 Å². The normalized spacial score (nSPS) is 10.3. The molecule has 7 heteroatoms. The SMILES string of the molecule is CCOCc1nnc(NC(=O)c2ccc(OC)cc2)s1. The molecule has 1 aromatic heterocycles. The van der Waals surface area contributed by atoms with Gasteiger partial charge >= 0.3 is 0 Å². The molecule has 1 heterocycles. The number of amides is 1. The molecule has 0 aliphatic carbocycles. The quantitative estimate of drug-likeness (QED) is 0.885. The molecule has 0 fully saturated rings. The van der Waals surface area contributed by atoms with Crippen molar-refractivity contribution in [2.45, 2.75) is 13.5 Å². The van der Waals surface area contributed by atoms with E-state index in [1.807, 2.05) is 6.92 Å². The molecule has 6 nitrogen and oxygen atoms in total. The molecule has 1 aromatic carbocycles. The van der Waals surface area contributed by atoms with Crippen LogP contribution in [0, 0.1) is 0 Å². The Bertz CT molecular complexity index is 568. The van der Waals surface area contributed by atoms with Gasteiger partial charge in [-0.25, -0.2) is 0 Å². The van der Waals surface area contributed by atoms with Crippen LogP contribution in [0.3, 0.4) is 0 Å². The fourth-order valence-electron chi connectivity index (χ4n) is 1.46. The van der Waals surface area contributed by atoms with Crippen LogP contribution in [0.15, 0.2) is 24.3 Å². The number of methoxy groups -OCH3 is 1. The number of carbonyl (C=O) groups is 1. The predicted octanol–water partition coefficient (Wildman–Crippen LogP) is 2.34. The van der Waals surface area contributed by atoms with Gasteiger partial charge in [-0.1, -0.05) is 11.3 Å². The van der Waals surface area contributed by atoms with E-state index in [-0.39, 0.29) is 5.91 Å². The lowest BCUT2D eigenvalue weighted by Crippen LogP contribution is -2.11. The molecule has 0 bridgehead atoms. The number of nitrogens with one attached hydrogen (secondary N) is 1. The van der Waals surface area contributed by atoms with Gasteiger partial charge in [0, 0.05) is 12.2 Å². The van der Waals surface area contributed by atoms with Crippen LogP contribution in [-0.2, 0) is 11.3 Å². The highest BCUT2D eigenvalue weighted by Gasteiger charge is 2.10. The lowest BCUT2D eigenvalue weighted by Gasteiger charge is -2.02. The van der Waals surface area contributed by atoms with Crippen LogP contribution in [0.5, 0.6) is 5.75 Å². The molecule has 2 aromatic rings. The molecule has 20 heavy (non-hydrogen) atoms. The molecular formula is C13H15N3O3S. The van der Waals surface area contributed by atoms with Crippen molar-refractivity contribution in [2.24, 2.45) is 0 Å². The minimum Gasteiger partial charge on any atom is -0.497 e. The summed E-state index contributed by atoms with van der Waals surface area (Å²) in [5, 5.41) is 11.7. The van der Waals surface area contributed by atoms with Gasteiger partial charge in [-0.3, -0.25) is 10.1 Å². The van der Waals surface area contributed by atoms with Crippen molar-refractivity contribution in [3.8, 4) is 5.75 Å². The van der Waals surface area contributed by atoms with Crippen molar-refractivity contribution >= 4 is 22.4 Å². The molecule has 0 radical (unpaired) electrons. The van der Waals surface area contributed by atoms with E-state index in [0.717, 1.165) is 5.01 Å². The highest BCUT2D eigenvalue weighted by Crippen LogP contribution is 2.18.